The van der Waals surface area contributed by atoms with Crippen LogP contribution >= 0.6 is 34.9 Å². The van der Waals surface area contributed by atoms with Gasteiger partial charge in [0.05, 0.1) is 33.6 Å². The van der Waals surface area contributed by atoms with E-state index < -0.39 is 5.79 Å². The molecule has 4 nitrogen and oxygen atoms in total. The molecular weight excluding hydrogens is 348 g/mol. The number of fused-ring (bicyclic) bond motifs is 1. The van der Waals surface area contributed by atoms with Crippen LogP contribution in [0, 0.1) is 3.14 Å². The summed E-state index contributed by atoms with van der Waals surface area (Å²) in [5.74, 6) is -0.562. The lowest BCUT2D eigenvalue weighted by Crippen LogP contribution is -2.19. The number of aromatic nitrogens is 2. The Morgan fingerprint density at radius 2 is 2.00 bits per heavy atom. The second kappa shape index (κ2) is 5.68. The molecule has 0 radical (unpaired) electrons. The van der Waals surface area contributed by atoms with Gasteiger partial charge in [0.25, 0.3) is 0 Å². The van der Waals surface area contributed by atoms with E-state index in [2.05, 4.69) is 4.98 Å². The van der Waals surface area contributed by atoms with Crippen LogP contribution in [0.5, 0.6) is 0 Å². The predicted octanol–water partition coefficient (Wildman–Crippen LogP) is 4.97. The average molecular weight is 363 g/mol. The lowest BCUT2D eigenvalue weighted by molar-refractivity contribution is -0.138. The molecule has 1 aromatic carbocycles. The van der Waals surface area contributed by atoms with Gasteiger partial charge < -0.3 is 9.47 Å². The van der Waals surface area contributed by atoms with Crippen LogP contribution in [0.15, 0.2) is 30.5 Å². The van der Waals surface area contributed by atoms with Crippen molar-refractivity contribution < 1.29 is 9.47 Å². The minimum absolute atomic E-state index is 0.105. The lowest BCUT2D eigenvalue weighted by atomic mass is 10.2. The first-order chi connectivity index (χ1) is 11.0. The fourth-order valence-corrected chi connectivity index (χ4v) is 5.25. The number of hydrogen-bond acceptors (Lipinski definition) is 7. The Kier molecular flexibility index (Phi) is 3.78. The van der Waals surface area contributed by atoms with Crippen molar-refractivity contribution in [1.29, 1.82) is 0 Å². The van der Waals surface area contributed by atoms with Crippen LogP contribution in [0.1, 0.15) is 24.8 Å². The van der Waals surface area contributed by atoms with Gasteiger partial charge in [0.2, 0.25) is 0 Å². The molecule has 118 valence electrons. The van der Waals surface area contributed by atoms with E-state index in [0.29, 0.717) is 6.61 Å². The maximum absolute atomic E-state index is 6.00. The van der Waals surface area contributed by atoms with Crippen LogP contribution in [0.25, 0.3) is 21.6 Å². The molecule has 2 aromatic heterocycles. The third-order valence-electron chi connectivity index (χ3n) is 3.58. The highest BCUT2D eigenvalue weighted by atomic mass is 32.2. The van der Waals surface area contributed by atoms with Crippen LogP contribution in [0.2, 0.25) is 0 Å². The SMILES string of the molecule is CC1(C)OC[C@H](c2sc(=S)sc2-c2cnc3ccccc3n2)O1. The van der Waals surface area contributed by atoms with Gasteiger partial charge in [0.15, 0.2) is 5.79 Å². The van der Waals surface area contributed by atoms with Crippen molar-refractivity contribution in [3.63, 3.8) is 0 Å². The molecule has 3 aromatic rings. The highest BCUT2D eigenvalue weighted by Crippen LogP contribution is 2.43. The van der Waals surface area contributed by atoms with Crippen molar-refractivity contribution in [2.75, 3.05) is 6.61 Å². The van der Waals surface area contributed by atoms with Gasteiger partial charge in [0, 0.05) is 0 Å². The third kappa shape index (κ3) is 2.95. The summed E-state index contributed by atoms with van der Waals surface area (Å²) in [7, 11) is 0. The maximum Gasteiger partial charge on any atom is 0.163 e. The van der Waals surface area contributed by atoms with E-state index in [-0.39, 0.29) is 6.10 Å². The van der Waals surface area contributed by atoms with E-state index in [1.54, 1.807) is 28.9 Å². The highest BCUT2D eigenvalue weighted by Gasteiger charge is 2.36. The van der Waals surface area contributed by atoms with Crippen molar-refractivity contribution in [3.05, 3.63) is 38.5 Å². The molecule has 3 heterocycles. The molecular formula is C16H14N2O2S3. The summed E-state index contributed by atoms with van der Waals surface area (Å²) < 4.78 is 12.6. The van der Waals surface area contributed by atoms with Gasteiger partial charge in [-0.15, -0.1) is 22.7 Å². The Morgan fingerprint density at radius 1 is 1.22 bits per heavy atom. The van der Waals surface area contributed by atoms with E-state index in [9.17, 15) is 0 Å². The molecule has 1 saturated heterocycles. The standard InChI is InChI=1S/C16H14N2O2S3/c1-16(2)19-8-12(20-16)14-13(22-15(21)23-14)11-7-17-9-5-3-4-6-10(9)18-11/h3-7,12H,8H2,1-2H3/t12-/m1/s1. The first kappa shape index (κ1) is 15.3. The second-order valence-electron chi connectivity index (χ2n) is 5.71. The van der Waals surface area contributed by atoms with Gasteiger partial charge in [-0.2, -0.15) is 0 Å². The molecule has 1 fully saturated rings. The molecule has 0 bridgehead atoms. The largest absolute Gasteiger partial charge is 0.347 e. The Morgan fingerprint density at radius 3 is 2.74 bits per heavy atom. The van der Waals surface area contributed by atoms with E-state index in [4.69, 9.17) is 26.7 Å². The van der Waals surface area contributed by atoms with Crippen LogP contribution in [-0.2, 0) is 9.47 Å². The molecule has 7 heteroatoms. The van der Waals surface area contributed by atoms with Crippen LogP contribution < -0.4 is 0 Å². The minimum Gasteiger partial charge on any atom is -0.347 e. The number of benzene rings is 1. The Labute approximate surface area is 146 Å². The smallest absolute Gasteiger partial charge is 0.163 e. The molecule has 0 N–H and O–H groups in total. The number of rotatable bonds is 2. The highest BCUT2D eigenvalue weighted by molar-refractivity contribution is 7.76. The van der Waals surface area contributed by atoms with E-state index in [0.717, 1.165) is 29.6 Å². The molecule has 4 rings (SSSR count). The summed E-state index contributed by atoms with van der Waals surface area (Å²) in [6, 6.07) is 7.85. The summed E-state index contributed by atoms with van der Waals surface area (Å²) in [4.78, 5) is 11.4. The van der Waals surface area contributed by atoms with E-state index in [1.807, 2.05) is 38.1 Å². The fraction of sp³-hybridized carbons (Fsp3) is 0.312. The summed E-state index contributed by atoms with van der Waals surface area (Å²) in [5, 5.41) is 0. The molecule has 0 spiro atoms. The summed E-state index contributed by atoms with van der Waals surface area (Å²) in [5.41, 5.74) is 2.60. The van der Waals surface area contributed by atoms with E-state index >= 15 is 0 Å². The second-order valence-corrected chi connectivity index (χ2v) is 8.97. The van der Waals surface area contributed by atoms with E-state index in [1.165, 1.54) is 0 Å². The van der Waals surface area contributed by atoms with Gasteiger partial charge in [-0.25, -0.2) is 4.98 Å². The number of nitrogens with zero attached hydrogens (tertiary/aromatic N) is 2. The van der Waals surface area contributed by atoms with Crippen molar-refractivity contribution in [2.45, 2.75) is 25.7 Å². The Balaban J connectivity index is 1.80. The molecule has 1 aliphatic rings. The minimum atomic E-state index is -0.562. The molecule has 1 atom stereocenters. The molecule has 0 aliphatic carbocycles. The lowest BCUT2D eigenvalue weighted by Gasteiger charge is -2.16. The predicted molar refractivity (Wildman–Crippen MR) is 95.4 cm³/mol. The Hall–Kier alpha value is -1.25. The molecule has 23 heavy (non-hydrogen) atoms. The van der Waals surface area contributed by atoms with Crippen LogP contribution in [0.4, 0.5) is 0 Å². The third-order valence-corrected chi connectivity index (χ3v) is 6.37. The topological polar surface area (TPSA) is 44.2 Å². The van der Waals surface area contributed by atoms with Gasteiger partial charge >= 0.3 is 0 Å². The van der Waals surface area contributed by atoms with Crippen molar-refractivity contribution in [3.8, 4) is 10.6 Å². The first-order valence-electron chi connectivity index (χ1n) is 7.20. The molecule has 1 aliphatic heterocycles. The first-order valence-corrected chi connectivity index (χ1v) is 9.24. The monoisotopic (exact) mass is 362 g/mol. The summed E-state index contributed by atoms with van der Waals surface area (Å²) >= 11 is 8.53. The summed E-state index contributed by atoms with van der Waals surface area (Å²) in [6.45, 7) is 4.38. The zero-order chi connectivity index (χ0) is 16.0. The summed E-state index contributed by atoms with van der Waals surface area (Å²) in [6.07, 6.45) is 1.70. The zero-order valence-corrected chi connectivity index (χ0v) is 15.1. The zero-order valence-electron chi connectivity index (χ0n) is 12.6. The number of para-hydroxylation sites is 2. The molecule has 0 unspecified atom stereocenters. The van der Waals surface area contributed by atoms with Gasteiger partial charge in [-0.3, -0.25) is 4.98 Å². The van der Waals surface area contributed by atoms with Crippen LogP contribution in [-0.4, -0.2) is 22.4 Å². The van der Waals surface area contributed by atoms with Gasteiger partial charge in [-0.05, 0) is 26.0 Å². The van der Waals surface area contributed by atoms with Crippen molar-refractivity contribution in [2.24, 2.45) is 0 Å². The van der Waals surface area contributed by atoms with Gasteiger partial charge in [-0.1, -0.05) is 24.4 Å². The normalized spacial score (nSPS) is 20.2. The van der Waals surface area contributed by atoms with Crippen molar-refractivity contribution >= 4 is 45.9 Å². The van der Waals surface area contributed by atoms with Crippen LogP contribution in [0.3, 0.4) is 0 Å². The quantitative estimate of drug-likeness (QED) is 0.602. The Bertz CT molecular complexity index is 932. The molecule has 0 amide bonds. The maximum atomic E-state index is 6.00. The number of hydrogen-bond donors (Lipinski definition) is 0. The fourth-order valence-electron chi connectivity index (χ4n) is 2.56. The van der Waals surface area contributed by atoms with Gasteiger partial charge in [0.1, 0.15) is 14.9 Å². The van der Waals surface area contributed by atoms with Crippen molar-refractivity contribution in [1.82, 2.24) is 9.97 Å². The number of ether oxygens (including phenoxy) is 2. The molecule has 0 saturated carbocycles. The average Bonchev–Trinajstić information content (AvgIpc) is 3.09.